The van der Waals surface area contributed by atoms with Crippen molar-refractivity contribution in [1.29, 1.82) is 0 Å². The van der Waals surface area contributed by atoms with Crippen molar-refractivity contribution in [2.24, 2.45) is 5.16 Å². The minimum atomic E-state index is 0.181. The van der Waals surface area contributed by atoms with E-state index in [0.717, 1.165) is 12.8 Å². The van der Waals surface area contributed by atoms with Gasteiger partial charge in [-0.3, -0.25) is 4.79 Å². The van der Waals surface area contributed by atoms with Crippen molar-refractivity contribution < 1.29 is 9.63 Å². The fraction of sp³-hybridized carbons (Fsp3) is 0.375. The molecule has 1 saturated carbocycles. The molecule has 2 N–H and O–H groups in total. The van der Waals surface area contributed by atoms with E-state index in [9.17, 15) is 4.79 Å². The van der Waals surface area contributed by atoms with Crippen LogP contribution in [0.4, 0.5) is 5.13 Å². The highest BCUT2D eigenvalue weighted by atomic mass is 32.1. The largest absolute Gasteiger partial charge is 0.392 e. The van der Waals surface area contributed by atoms with Crippen molar-refractivity contribution in [3.63, 3.8) is 0 Å². The Kier molecular flexibility index (Phi) is 2.45. The van der Waals surface area contributed by atoms with Gasteiger partial charge < -0.3 is 10.6 Å². The van der Waals surface area contributed by atoms with Gasteiger partial charge in [0.25, 0.3) is 0 Å². The quantitative estimate of drug-likeness (QED) is 0.454. The van der Waals surface area contributed by atoms with Gasteiger partial charge in [-0.25, -0.2) is 4.98 Å². The van der Waals surface area contributed by atoms with Gasteiger partial charge in [0.1, 0.15) is 11.8 Å². The van der Waals surface area contributed by atoms with Gasteiger partial charge in [-0.15, -0.1) is 11.3 Å². The molecule has 74 valence electrons. The summed E-state index contributed by atoms with van der Waals surface area (Å²) in [6.07, 6.45) is 2.82. The highest BCUT2D eigenvalue weighted by Crippen LogP contribution is 2.23. The van der Waals surface area contributed by atoms with Crippen LogP contribution in [-0.4, -0.2) is 23.1 Å². The van der Waals surface area contributed by atoms with Gasteiger partial charge in [-0.05, 0) is 12.8 Å². The van der Waals surface area contributed by atoms with Crippen LogP contribution in [0.2, 0.25) is 0 Å². The average Bonchev–Trinajstić information content (AvgIpc) is 2.90. The number of oxime groups is 1. The maximum atomic E-state index is 10.7. The van der Waals surface area contributed by atoms with E-state index >= 15 is 0 Å². The Hall–Kier alpha value is -1.43. The molecule has 1 fully saturated rings. The molecule has 0 bridgehead atoms. The van der Waals surface area contributed by atoms with Gasteiger partial charge in [0.15, 0.2) is 17.1 Å². The summed E-state index contributed by atoms with van der Waals surface area (Å²) in [5.74, 6) is 0. The smallest absolute Gasteiger partial charge is 0.180 e. The van der Waals surface area contributed by atoms with E-state index in [2.05, 4.69) is 10.1 Å². The molecule has 1 aromatic rings. The second kappa shape index (κ2) is 3.75. The molecule has 0 atom stereocenters. The normalized spacial score (nSPS) is 16.7. The zero-order valence-electron chi connectivity index (χ0n) is 7.34. The Labute approximate surface area is 84.6 Å². The third kappa shape index (κ3) is 2.08. The van der Waals surface area contributed by atoms with Crippen LogP contribution >= 0.6 is 11.3 Å². The van der Waals surface area contributed by atoms with E-state index < -0.39 is 0 Å². The lowest BCUT2D eigenvalue weighted by Gasteiger charge is -1.95. The molecule has 2 rings (SSSR count). The van der Waals surface area contributed by atoms with E-state index in [1.165, 1.54) is 11.3 Å². The molecular weight excluding hydrogens is 202 g/mol. The number of hydrogen-bond acceptors (Lipinski definition) is 6. The van der Waals surface area contributed by atoms with Crippen LogP contribution in [-0.2, 0) is 9.63 Å². The van der Waals surface area contributed by atoms with Crippen LogP contribution in [0.15, 0.2) is 10.5 Å². The molecule has 14 heavy (non-hydrogen) atoms. The first-order valence-electron chi connectivity index (χ1n) is 4.20. The van der Waals surface area contributed by atoms with Crippen molar-refractivity contribution >= 4 is 28.5 Å². The molecule has 1 aliphatic carbocycles. The number of thiazole rings is 1. The zero-order chi connectivity index (χ0) is 9.97. The number of nitrogens with two attached hydrogens (primary N) is 1. The predicted octanol–water partition coefficient (Wildman–Crippen LogP) is 0.807. The molecule has 6 heteroatoms. The van der Waals surface area contributed by atoms with E-state index in [-0.39, 0.29) is 11.8 Å². The minimum absolute atomic E-state index is 0.181. The summed E-state index contributed by atoms with van der Waals surface area (Å²) < 4.78 is 0. The molecule has 0 aliphatic heterocycles. The highest BCUT2D eigenvalue weighted by molar-refractivity contribution is 7.13. The molecule has 0 spiro atoms. The van der Waals surface area contributed by atoms with E-state index in [1.807, 2.05) is 0 Å². The van der Waals surface area contributed by atoms with Gasteiger partial charge >= 0.3 is 0 Å². The molecule has 5 nitrogen and oxygen atoms in total. The minimum Gasteiger partial charge on any atom is -0.392 e. The lowest BCUT2D eigenvalue weighted by Crippen LogP contribution is -2.04. The first-order chi connectivity index (χ1) is 6.79. The van der Waals surface area contributed by atoms with Crippen molar-refractivity contribution in [3.8, 4) is 0 Å². The molecule has 0 radical (unpaired) electrons. The second-order valence-corrected chi connectivity index (χ2v) is 3.86. The molecule has 0 aromatic carbocycles. The van der Waals surface area contributed by atoms with Gasteiger partial charge in [-0.2, -0.15) is 0 Å². The molecule has 1 aliphatic rings. The summed E-state index contributed by atoms with van der Waals surface area (Å²) in [4.78, 5) is 19.6. The first-order valence-corrected chi connectivity index (χ1v) is 5.08. The summed E-state index contributed by atoms with van der Waals surface area (Å²) in [5.41, 5.74) is 6.11. The van der Waals surface area contributed by atoms with E-state index in [0.29, 0.717) is 17.1 Å². The summed E-state index contributed by atoms with van der Waals surface area (Å²) in [5, 5.41) is 5.82. The lowest BCUT2D eigenvalue weighted by atomic mass is 10.3. The van der Waals surface area contributed by atoms with Gasteiger partial charge in [0.2, 0.25) is 0 Å². The zero-order valence-corrected chi connectivity index (χ0v) is 8.16. The lowest BCUT2D eigenvalue weighted by molar-refractivity contribution is -0.102. The molecule has 0 unspecified atom stereocenters. The van der Waals surface area contributed by atoms with Crippen molar-refractivity contribution in [1.82, 2.24) is 4.98 Å². The second-order valence-electron chi connectivity index (χ2n) is 2.97. The molecule has 1 heterocycles. The highest BCUT2D eigenvalue weighted by Gasteiger charge is 2.24. The first kappa shape index (κ1) is 9.14. The number of hydrogen-bond donors (Lipinski definition) is 1. The predicted molar refractivity (Wildman–Crippen MR) is 53.2 cm³/mol. The van der Waals surface area contributed by atoms with Crippen LogP contribution in [0, 0.1) is 0 Å². The number of aromatic nitrogens is 1. The number of nitrogen functional groups attached to an aromatic ring is 1. The number of carbonyl (C=O) groups is 1. The number of nitrogens with zero attached hydrogens (tertiary/aromatic N) is 2. The fourth-order valence-electron chi connectivity index (χ4n) is 0.839. The molecule has 1 aromatic heterocycles. The number of rotatable bonds is 4. The molecule has 0 amide bonds. The summed E-state index contributed by atoms with van der Waals surface area (Å²) in [6.45, 7) is 0. The summed E-state index contributed by atoms with van der Waals surface area (Å²) in [6, 6.07) is 0. The number of carbonyl (C=O) groups excluding carboxylic acids is 1. The molecular formula is C8H9N3O2S. The van der Waals surface area contributed by atoms with E-state index in [1.54, 1.807) is 5.38 Å². The maximum Gasteiger partial charge on any atom is 0.180 e. The SMILES string of the molecule is Nc1nc(/C(C=O)=N\OC2CC2)cs1. The van der Waals surface area contributed by atoms with Crippen LogP contribution in [0.5, 0.6) is 0 Å². The van der Waals surface area contributed by atoms with Crippen LogP contribution in [0.1, 0.15) is 18.5 Å². The Morgan fingerprint density at radius 3 is 3.07 bits per heavy atom. The van der Waals surface area contributed by atoms with Gasteiger partial charge in [0, 0.05) is 5.38 Å². The standard InChI is InChI=1S/C8H9N3O2S/c9-8-10-7(4-14-8)6(3-12)11-13-5-1-2-5/h3-5H,1-2H2,(H2,9,10)/b11-6-. The van der Waals surface area contributed by atoms with Crippen molar-refractivity contribution in [2.75, 3.05) is 5.73 Å². The van der Waals surface area contributed by atoms with Crippen molar-refractivity contribution in [3.05, 3.63) is 11.1 Å². The summed E-state index contributed by atoms with van der Waals surface area (Å²) in [7, 11) is 0. The third-order valence-corrected chi connectivity index (χ3v) is 2.39. The number of aldehydes is 1. The monoisotopic (exact) mass is 211 g/mol. The third-order valence-electron chi connectivity index (χ3n) is 1.72. The average molecular weight is 211 g/mol. The van der Waals surface area contributed by atoms with Crippen LogP contribution in [0.3, 0.4) is 0 Å². The Morgan fingerprint density at radius 1 is 1.79 bits per heavy atom. The van der Waals surface area contributed by atoms with Gasteiger partial charge in [0.05, 0.1) is 0 Å². The Bertz CT molecular complexity index is 370. The Morgan fingerprint density at radius 2 is 2.57 bits per heavy atom. The topological polar surface area (TPSA) is 77.6 Å². The van der Waals surface area contributed by atoms with Crippen LogP contribution in [0.25, 0.3) is 0 Å². The van der Waals surface area contributed by atoms with Crippen LogP contribution < -0.4 is 5.73 Å². The molecule has 0 saturated heterocycles. The van der Waals surface area contributed by atoms with E-state index in [4.69, 9.17) is 10.6 Å². The van der Waals surface area contributed by atoms with Crippen molar-refractivity contribution in [2.45, 2.75) is 18.9 Å². The maximum absolute atomic E-state index is 10.7. The number of anilines is 1. The Balaban J connectivity index is 2.10. The summed E-state index contributed by atoms with van der Waals surface area (Å²) >= 11 is 1.27. The fourth-order valence-corrected chi connectivity index (χ4v) is 1.40. The van der Waals surface area contributed by atoms with Gasteiger partial charge in [-0.1, -0.05) is 5.16 Å².